The van der Waals surface area contributed by atoms with E-state index in [0.717, 1.165) is 16.7 Å². The Kier molecular flexibility index (Phi) is 3.60. The van der Waals surface area contributed by atoms with Crippen molar-refractivity contribution in [3.8, 4) is 0 Å². The number of carbonyl (C=O) groups excluding carboxylic acids is 3. The first-order valence-electron chi connectivity index (χ1n) is 9.25. The molecule has 4 atom stereocenters. The van der Waals surface area contributed by atoms with Crippen LogP contribution in [0.5, 0.6) is 0 Å². The van der Waals surface area contributed by atoms with Crippen LogP contribution in [-0.2, 0) is 14.4 Å². The van der Waals surface area contributed by atoms with Gasteiger partial charge in [-0.05, 0) is 42.4 Å². The first kappa shape index (κ1) is 17.6. The first-order valence-corrected chi connectivity index (χ1v) is 9.25. The van der Waals surface area contributed by atoms with Crippen molar-refractivity contribution in [1.29, 1.82) is 0 Å². The molecule has 0 unspecified atom stereocenters. The van der Waals surface area contributed by atoms with E-state index in [1.807, 2.05) is 19.1 Å². The molecule has 0 aromatic heterocycles. The van der Waals surface area contributed by atoms with Gasteiger partial charge in [0.2, 0.25) is 0 Å². The number of fused-ring (bicyclic) bond motifs is 4. The molecule has 5 heteroatoms. The fourth-order valence-electron chi connectivity index (χ4n) is 5.79. The fraction of sp³-hybridized carbons (Fsp3) is 0.571. The molecule has 0 aliphatic heterocycles. The van der Waals surface area contributed by atoms with Crippen LogP contribution >= 0.6 is 0 Å². The summed E-state index contributed by atoms with van der Waals surface area (Å²) in [7, 11) is 0. The molecule has 0 bridgehead atoms. The zero-order valence-electron chi connectivity index (χ0n) is 15.2. The molecular weight excluding hydrogens is 332 g/mol. The maximum absolute atomic E-state index is 13.2. The predicted molar refractivity (Wildman–Crippen MR) is 94.1 cm³/mol. The molecule has 4 rings (SSSR count). The van der Waals surface area contributed by atoms with Gasteiger partial charge in [-0.25, -0.2) is 0 Å². The Labute approximate surface area is 152 Å². The molecule has 0 heterocycles. The average Bonchev–Trinajstić information content (AvgIpc) is 2.86. The van der Waals surface area contributed by atoms with Crippen LogP contribution in [0.4, 0.5) is 0 Å². The summed E-state index contributed by atoms with van der Waals surface area (Å²) < 4.78 is 0. The van der Waals surface area contributed by atoms with Crippen LogP contribution in [0, 0.1) is 16.7 Å². The summed E-state index contributed by atoms with van der Waals surface area (Å²) in [5, 5.41) is 20.4. The van der Waals surface area contributed by atoms with Gasteiger partial charge < -0.3 is 10.2 Å². The van der Waals surface area contributed by atoms with Crippen molar-refractivity contribution in [1.82, 2.24) is 0 Å². The average molecular weight is 356 g/mol. The lowest BCUT2D eigenvalue weighted by Gasteiger charge is -2.49. The maximum Gasteiger partial charge on any atom is 0.190 e. The van der Waals surface area contributed by atoms with Crippen molar-refractivity contribution >= 4 is 17.3 Å². The van der Waals surface area contributed by atoms with E-state index in [2.05, 4.69) is 0 Å². The normalized spacial score (nSPS) is 41.5. The number of allylic oxidation sites excluding steroid dienone is 6. The van der Waals surface area contributed by atoms with Crippen LogP contribution in [0.1, 0.15) is 46.0 Å². The van der Waals surface area contributed by atoms with Gasteiger partial charge in [0, 0.05) is 29.2 Å². The Morgan fingerprint density at radius 1 is 1.23 bits per heavy atom. The molecule has 4 aliphatic carbocycles. The largest absolute Gasteiger partial charge is 0.388 e. The van der Waals surface area contributed by atoms with E-state index >= 15 is 0 Å². The molecule has 26 heavy (non-hydrogen) atoms. The molecule has 4 aliphatic rings. The number of aliphatic hydroxyl groups excluding tert-OH is 1. The molecule has 0 saturated heterocycles. The van der Waals surface area contributed by atoms with Crippen LogP contribution in [0.3, 0.4) is 0 Å². The fourth-order valence-corrected chi connectivity index (χ4v) is 5.79. The number of aliphatic hydroxyl groups is 2. The van der Waals surface area contributed by atoms with Gasteiger partial charge in [0.1, 0.15) is 12.2 Å². The lowest BCUT2D eigenvalue weighted by molar-refractivity contribution is -0.156. The summed E-state index contributed by atoms with van der Waals surface area (Å²) in [6.45, 7) is 3.10. The van der Waals surface area contributed by atoms with E-state index in [0.29, 0.717) is 19.3 Å². The number of hydrogen-bond acceptors (Lipinski definition) is 5. The standard InChI is InChI=1S/C21H24O5/c1-19-7-5-13(23)9-12(19)3-4-14-15-6-8-21(26,17(25)11-22)20(15,2)10-16(24)18(14)19/h3-4,9,15,22,26H,5-8,10-11H2,1-2H3/t15-,19-,20-,21-/m0/s1. The molecule has 1 saturated carbocycles. The minimum absolute atomic E-state index is 0.0584. The van der Waals surface area contributed by atoms with E-state index in [-0.39, 0.29) is 30.3 Å². The quantitative estimate of drug-likeness (QED) is 0.788. The molecule has 138 valence electrons. The zero-order valence-corrected chi connectivity index (χ0v) is 15.2. The van der Waals surface area contributed by atoms with Gasteiger partial charge >= 0.3 is 0 Å². The third-order valence-corrected chi connectivity index (χ3v) is 7.40. The molecule has 2 N–H and O–H groups in total. The Hall–Kier alpha value is -1.85. The lowest BCUT2D eigenvalue weighted by atomic mass is 9.54. The molecule has 5 nitrogen and oxygen atoms in total. The minimum Gasteiger partial charge on any atom is -0.388 e. The topological polar surface area (TPSA) is 91.7 Å². The van der Waals surface area contributed by atoms with Gasteiger partial charge in [0.25, 0.3) is 0 Å². The molecule has 0 aromatic rings. The summed E-state index contributed by atoms with van der Waals surface area (Å²) in [6, 6.07) is 0. The van der Waals surface area contributed by atoms with Crippen molar-refractivity contribution in [3.63, 3.8) is 0 Å². The van der Waals surface area contributed by atoms with Gasteiger partial charge in [-0.2, -0.15) is 0 Å². The van der Waals surface area contributed by atoms with Crippen molar-refractivity contribution < 1.29 is 24.6 Å². The van der Waals surface area contributed by atoms with Crippen LogP contribution in [0.25, 0.3) is 0 Å². The highest BCUT2D eigenvalue weighted by atomic mass is 16.3. The van der Waals surface area contributed by atoms with E-state index in [1.54, 1.807) is 13.0 Å². The summed E-state index contributed by atoms with van der Waals surface area (Å²) in [4.78, 5) is 37.3. The number of carbonyl (C=O) groups is 3. The third kappa shape index (κ3) is 1.96. The molecular formula is C21H24O5. The van der Waals surface area contributed by atoms with Crippen molar-refractivity contribution in [3.05, 3.63) is 34.9 Å². The molecule has 0 amide bonds. The van der Waals surface area contributed by atoms with Crippen LogP contribution in [0.2, 0.25) is 0 Å². The Bertz CT molecular complexity index is 831. The van der Waals surface area contributed by atoms with E-state index in [4.69, 9.17) is 0 Å². The van der Waals surface area contributed by atoms with E-state index < -0.39 is 28.8 Å². The van der Waals surface area contributed by atoms with Crippen LogP contribution < -0.4 is 0 Å². The summed E-state index contributed by atoms with van der Waals surface area (Å²) in [6.07, 6.45) is 7.43. The molecule has 0 aromatic carbocycles. The summed E-state index contributed by atoms with van der Waals surface area (Å²) >= 11 is 0. The van der Waals surface area contributed by atoms with E-state index in [9.17, 15) is 24.6 Å². The minimum atomic E-state index is -1.67. The lowest BCUT2D eigenvalue weighted by Crippen LogP contribution is -2.55. The second kappa shape index (κ2) is 5.33. The van der Waals surface area contributed by atoms with Crippen LogP contribution in [0.15, 0.2) is 34.9 Å². The number of rotatable bonds is 2. The Morgan fingerprint density at radius 2 is 1.96 bits per heavy atom. The number of Topliss-reactive ketones (excluding diaryl/α,β-unsaturated/α-hetero) is 2. The monoisotopic (exact) mass is 356 g/mol. The van der Waals surface area contributed by atoms with Gasteiger partial charge in [0.05, 0.1) is 0 Å². The molecule has 1 fully saturated rings. The highest BCUT2D eigenvalue weighted by Gasteiger charge is 2.64. The van der Waals surface area contributed by atoms with Crippen molar-refractivity contribution in [2.24, 2.45) is 16.7 Å². The maximum atomic E-state index is 13.2. The zero-order chi connectivity index (χ0) is 18.9. The van der Waals surface area contributed by atoms with E-state index in [1.165, 1.54) is 0 Å². The van der Waals surface area contributed by atoms with Crippen molar-refractivity contribution in [2.75, 3.05) is 6.61 Å². The Balaban J connectivity index is 1.86. The SMILES string of the molecule is C[C@]12CCC(=O)C=C1C=CC1=C2C(=O)C[C@@]2(C)[C@H]1CC[C@]2(O)C(=O)CO. The first-order chi connectivity index (χ1) is 12.2. The molecule has 0 spiro atoms. The van der Waals surface area contributed by atoms with Gasteiger partial charge in [-0.1, -0.05) is 26.0 Å². The van der Waals surface area contributed by atoms with Gasteiger partial charge in [-0.15, -0.1) is 0 Å². The number of hydrogen-bond donors (Lipinski definition) is 2. The number of ketones is 3. The van der Waals surface area contributed by atoms with Gasteiger partial charge in [-0.3, -0.25) is 14.4 Å². The highest BCUT2D eigenvalue weighted by Crippen LogP contribution is 2.62. The second-order valence-corrected chi connectivity index (χ2v) is 8.61. The Morgan fingerprint density at radius 3 is 2.65 bits per heavy atom. The predicted octanol–water partition coefficient (Wildman–Crippen LogP) is 1.83. The second-order valence-electron chi connectivity index (χ2n) is 8.61. The third-order valence-electron chi connectivity index (χ3n) is 7.40. The van der Waals surface area contributed by atoms with Crippen LogP contribution in [-0.4, -0.2) is 39.8 Å². The highest BCUT2D eigenvalue weighted by molar-refractivity contribution is 6.04. The smallest absolute Gasteiger partial charge is 0.190 e. The molecule has 0 radical (unpaired) electrons. The summed E-state index contributed by atoms with van der Waals surface area (Å²) in [5.41, 5.74) is -0.521. The summed E-state index contributed by atoms with van der Waals surface area (Å²) in [5.74, 6) is -0.683. The van der Waals surface area contributed by atoms with Gasteiger partial charge in [0.15, 0.2) is 17.3 Å². The van der Waals surface area contributed by atoms with Crippen molar-refractivity contribution in [2.45, 2.75) is 51.6 Å².